The Morgan fingerprint density at radius 2 is 1.88 bits per heavy atom. The van der Waals surface area contributed by atoms with E-state index in [0.29, 0.717) is 0 Å². The third kappa shape index (κ3) is 2.09. The number of hydrogen-bond donors (Lipinski definition) is 1. The number of rotatable bonds is 4. The van der Waals surface area contributed by atoms with Crippen molar-refractivity contribution < 1.29 is 24.2 Å². The number of carboxylic acid groups (broad SMARTS) is 1. The van der Waals surface area contributed by atoms with Crippen molar-refractivity contribution in [2.24, 2.45) is 0 Å². The Hall–Kier alpha value is -1.75. The predicted molar refractivity (Wildman–Crippen MR) is 56.5 cm³/mol. The second kappa shape index (κ2) is 4.85. The lowest BCUT2D eigenvalue weighted by Crippen LogP contribution is -2.15. The van der Waals surface area contributed by atoms with Gasteiger partial charge in [0.2, 0.25) is 0 Å². The Kier molecular flexibility index (Phi) is 3.73. The van der Waals surface area contributed by atoms with E-state index in [1.54, 1.807) is 0 Å². The molecule has 1 N–H and O–H groups in total. The van der Waals surface area contributed by atoms with Crippen molar-refractivity contribution in [2.75, 3.05) is 14.2 Å². The maximum Gasteiger partial charge on any atom is 0.377 e. The molecule has 0 saturated carbocycles. The summed E-state index contributed by atoms with van der Waals surface area (Å²) in [6.45, 7) is 0. The van der Waals surface area contributed by atoms with Crippen LogP contribution in [0.4, 0.5) is 0 Å². The summed E-state index contributed by atoms with van der Waals surface area (Å²) in [4.78, 5) is 22.1. The molecule has 1 aromatic carbocycles. The molecule has 0 atom stereocenters. The van der Waals surface area contributed by atoms with Crippen LogP contribution in [0.5, 0.6) is 11.5 Å². The number of hydrogen-bond acceptors (Lipinski definition) is 4. The van der Waals surface area contributed by atoms with Gasteiger partial charge in [-0.05, 0) is 12.1 Å². The van der Waals surface area contributed by atoms with Crippen LogP contribution in [0.3, 0.4) is 0 Å². The minimum absolute atomic E-state index is 0.00610. The Morgan fingerprint density at radius 1 is 1.25 bits per heavy atom. The van der Waals surface area contributed by atoms with Crippen LogP contribution in [0.1, 0.15) is 10.4 Å². The summed E-state index contributed by atoms with van der Waals surface area (Å²) in [6.07, 6.45) is 0. The van der Waals surface area contributed by atoms with Crippen molar-refractivity contribution in [3.63, 3.8) is 0 Å². The van der Waals surface area contributed by atoms with Gasteiger partial charge >= 0.3 is 5.97 Å². The molecule has 5 nitrogen and oxygen atoms in total. The van der Waals surface area contributed by atoms with Crippen LogP contribution in [0.15, 0.2) is 12.1 Å². The van der Waals surface area contributed by atoms with Gasteiger partial charge in [0.05, 0.1) is 19.2 Å². The molecule has 0 saturated heterocycles. The molecule has 0 radical (unpaired) electrons. The third-order valence-electron chi connectivity index (χ3n) is 1.92. The van der Waals surface area contributed by atoms with Gasteiger partial charge < -0.3 is 14.6 Å². The highest BCUT2D eigenvalue weighted by Crippen LogP contribution is 2.35. The molecule has 0 fully saturated rings. The van der Waals surface area contributed by atoms with Crippen molar-refractivity contribution in [3.8, 4) is 11.5 Å². The second-order valence-electron chi connectivity index (χ2n) is 2.79. The monoisotopic (exact) mass is 244 g/mol. The van der Waals surface area contributed by atoms with Crippen molar-refractivity contribution >= 4 is 23.4 Å². The summed E-state index contributed by atoms with van der Waals surface area (Å²) in [5.74, 6) is -2.63. The number of methoxy groups -OCH3 is 2. The quantitative estimate of drug-likeness (QED) is 0.644. The van der Waals surface area contributed by atoms with E-state index in [1.807, 2.05) is 0 Å². The summed E-state index contributed by atoms with van der Waals surface area (Å²) in [5, 5.41) is 8.81. The van der Waals surface area contributed by atoms with Gasteiger partial charge in [0.1, 0.15) is 11.3 Å². The largest absolute Gasteiger partial charge is 0.496 e. The molecule has 1 rings (SSSR count). The lowest BCUT2D eigenvalue weighted by atomic mass is 10.1. The van der Waals surface area contributed by atoms with Crippen molar-refractivity contribution in [1.82, 2.24) is 0 Å². The molecule has 0 aliphatic rings. The molecule has 0 heterocycles. The van der Waals surface area contributed by atoms with E-state index in [1.165, 1.54) is 26.4 Å². The molecular weight excluding hydrogens is 236 g/mol. The first kappa shape index (κ1) is 12.3. The molecule has 0 spiro atoms. The van der Waals surface area contributed by atoms with E-state index in [-0.39, 0.29) is 22.1 Å². The first-order valence-corrected chi connectivity index (χ1v) is 4.58. The molecule has 0 aromatic heterocycles. The molecule has 16 heavy (non-hydrogen) atoms. The fourth-order valence-corrected chi connectivity index (χ4v) is 1.47. The van der Waals surface area contributed by atoms with Gasteiger partial charge in [0.25, 0.3) is 5.78 Å². The van der Waals surface area contributed by atoms with Crippen LogP contribution in [-0.4, -0.2) is 31.1 Å². The number of carboxylic acids is 1. The zero-order valence-corrected chi connectivity index (χ0v) is 9.37. The predicted octanol–water partition coefficient (Wildman–Crippen LogP) is 1.62. The minimum Gasteiger partial charge on any atom is -0.496 e. The van der Waals surface area contributed by atoms with Gasteiger partial charge in [-0.3, -0.25) is 4.79 Å². The van der Waals surface area contributed by atoms with Crippen LogP contribution in [0, 0.1) is 0 Å². The maximum atomic E-state index is 11.4. The highest BCUT2D eigenvalue weighted by atomic mass is 35.5. The molecule has 86 valence electrons. The summed E-state index contributed by atoms with van der Waals surface area (Å²) in [6, 6.07) is 2.86. The highest BCUT2D eigenvalue weighted by Gasteiger charge is 2.25. The summed E-state index contributed by atoms with van der Waals surface area (Å²) in [5.41, 5.74) is -0.190. The van der Waals surface area contributed by atoms with Crippen molar-refractivity contribution in [3.05, 3.63) is 22.7 Å². The van der Waals surface area contributed by atoms with Crippen LogP contribution in [-0.2, 0) is 4.79 Å². The number of halogens is 1. The number of ketones is 1. The van der Waals surface area contributed by atoms with E-state index in [4.69, 9.17) is 26.2 Å². The fraction of sp³-hybridized carbons (Fsp3) is 0.200. The Bertz CT molecular complexity index is 441. The lowest BCUT2D eigenvalue weighted by Gasteiger charge is -2.11. The number of benzene rings is 1. The summed E-state index contributed by atoms with van der Waals surface area (Å²) >= 11 is 5.78. The summed E-state index contributed by atoms with van der Waals surface area (Å²) in [7, 11) is 2.61. The number of aliphatic carboxylic acids is 1. The maximum absolute atomic E-state index is 11.4. The topological polar surface area (TPSA) is 72.8 Å². The molecule has 0 aliphatic heterocycles. The number of ether oxygens (including phenoxy) is 2. The molecule has 0 bridgehead atoms. The van der Waals surface area contributed by atoms with E-state index in [2.05, 4.69) is 0 Å². The van der Waals surface area contributed by atoms with Crippen LogP contribution < -0.4 is 9.47 Å². The first-order valence-electron chi connectivity index (χ1n) is 4.21. The summed E-state index contributed by atoms with van der Waals surface area (Å²) < 4.78 is 9.79. The molecule has 6 heteroatoms. The van der Waals surface area contributed by atoms with Gasteiger partial charge in [-0.2, -0.15) is 0 Å². The lowest BCUT2D eigenvalue weighted by molar-refractivity contribution is -0.131. The third-order valence-corrected chi connectivity index (χ3v) is 2.21. The first-order chi connectivity index (χ1) is 7.52. The van der Waals surface area contributed by atoms with Gasteiger partial charge in [-0.1, -0.05) is 11.6 Å². The van der Waals surface area contributed by atoms with E-state index in [0.717, 1.165) is 0 Å². The zero-order valence-electron chi connectivity index (χ0n) is 8.61. The van der Waals surface area contributed by atoms with Gasteiger partial charge in [0.15, 0.2) is 5.75 Å². The number of Topliss-reactive ketones (excluding diaryl/α,β-unsaturated/α-hetero) is 1. The number of carbonyl (C=O) groups excluding carboxylic acids is 1. The zero-order chi connectivity index (χ0) is 12.3. The van der Waals surface area contributed by atoms with E-state index < -0.39 is 11.8 Å². The SMILES string of the molecule is COc1ccc(Cl)c(OC)c1C(=O)C(=O)O. The van der Waals surface area contributed by atoms with Crippen molar-refractivity contribution in [1.29, 1.82) is 0 Å². The average Bonchev–Trinajstić information content (AvgIpc) is 2.27. The van der Waals surface area contributed by atoms with E-state index in [9.17, 15) is 9.59 Å². The van der Waals surface area contributed by atoms with Gasteiger partial charge in [-0.25, -0.2) is 4.79 Å². The standard InChI is InChI=1S/C10H9ClO5/c1-15-6-4-3-5(11)9(16-2)7(6)8(12)10(13)14/h3-4H,1-2H3,(H,13,14). The van der Waals surface area contributed by atoms with Crippen molar-refractivity contribution in [2.45, 2.75) is 0 Å². The Morgan fingerprint density at radius 3 is 2.31 bits per heavy atom. The van der Waals surface area contributed by atoms with Gasteiger partial charge in [-0.15, -0.1) is 0 Å². The fourth-order valence-electron chi connectivity index (χ4n) is 1.23. The highest BCUT2D eigenvalue weighted by molar-refractivity contribution is 6.42. The van der Waals surface area contributed by atoms with Gasteiger partial charge in [0, 0.05) is 0 Å². The molecule has 1 aromatic rings. The van der Waals surface area contributed by atoms with E-state index >= 15 is 0 Å². The smallest absolute Gasteiger partial charge is 0.377 e. The minimum atomic E-state index is -1.60. The second-order valence-corrected chi connectivity index (χ2v) is 3.20. The number of carbonyl (C=O) groups is 2. The molecule has 0 unspecified atom stereocenters. The molecular formula is C10H9ClO5. The molecule has 0 aliphatic carbocycles. The van der Waals surface area contributed by atoms with Crippen LogP contribution in [0.2, 0.25) is 5.02 Å². The van der Waals surface area contributed by atoms with Crippen LogP contribution >= 0.6 is 11.6 Å². The van der Waals surface area contributed by atoms with Crippen LogP contribution in [0.25, 0.3) is 0 Å². The normalized spacial score (nSPS) is 9.69. The average molecular weight is 245 g/mol. The Balaban J connectivity index is 3.48. The molecule has 0 amide bonds. The Labute approximate surface area is 96.5 Å².